The van der Waals surface area contributed by atoms with Gasteiger partial charge in [0, 0.05) is 51.9 Å². The zero-order chi connectivity index (χ0) is 22.1. The molecule has 3 unspecified atom stereocenters. The molecule has 31 heavy (non-hydrogen) atoms. The second-order valence-electron chi connectivity index (χ2n) is 8.79. The van der Waals surface area contributed by atoms with Gasteiger partial charge in [0.15, 0.2) is 5.96 Å². The first kappa shape index (κ1) is 24.0. The van der Waals surface area contributed by atoms with Crippen LogP contribution in [-0.4, -0.2) is 86.5 Å². The molecule has 3 atom stereocenters. The van der Waals surface area contributed by atoms with E-state index in [1.54, 1.807) is 0 Å². The molecule has 7 nitrogen and oxygen atoms in total. The lowest BCUT2D eigenvalue weighted by atomic mass is 10.1. The molecule has 0 aliphatic carbocycles. The monoisotopic (exact) mass is 431 g/mol. The molecule has 0 radical (unpaired) electrons. The molecule has 2 aliphatic rings. The molecular formula is C24H41N5O2. The number of hydrogen-bond donors (Lipinski definition) is 2. The Hall–Kier alpha value is -1.67. The molecular weight excluding hydrogens is 390 g/mol. The molecule has 1 aromatic rings. The van der Waals surface area contributed by atoms with Crippen LogP contribution in [0.2, 0.25) is 0 Å². The molecule has 0 bridgehead atoms. The first-order chi connectivity index (χ1) is 15.0. The summed E-state index contributed by atoms with van der Waals surface area (Å²) in [5, 5.41) is 6.92. The van der Waals surface area contributed by atoms with Gasteiger partial charge < -0.3 is 20.1 Å². The maximum atomic E-state index is 5.89. The van der Waals surface area contributed by atoms with E-state index in [9.17, 15) is 0 Å². The Morgan fingerprint density at radius 1 is 1.10 bits per heavy atom. The van der Waals surface area contributed by atoms with Gasteiger partial charge in [0.2, 0.25) is 0 Å². The van der Waals surface area contributed by atoms with Crippen LogP contribution >= 0.6 is 0 Å². The number of nitrogens with zero attached hydrogens (tertiary/aromatic N) is 3. The number of aliphatic imine (C=N–C) groups is 1. The number of nitrogens with one attached hydrogen (secondary N) is 2. The summed E-state index contributed by atoms with van der Waals surface area (Å²) in [6, 6.07) is 9.12. The van der Waals surface area contributed by atoms with E-state index in [1.807, 2.05) is 0 Å². The zero-order valence-corrected chi connectivity index (χ0v) is 19.8. The topological polar surface area (TPSA) is 61.4 Å². The summed E-state index contributed by atoms with van der Waals surface area (Å²) in [5.74, 6) is 0.881. The molecule has 1 aromatic carbocycles. The Labute approximate surface area is 188 Å². The van der Waals surface area contributed by atoms with Crippen molar-refractivity contribution in [3.63, 3.8) is 0 Å². The maximum absolute atomic E-state index is 5.89. The van der Waals surface area contributed by atoms with Gasteiger partial charge in [-0.3, -0.25) is 9.80 Å². The van der Waals surface area contributed by atoms with E-state index in [2.05, 4.69) is 72.4 Å². The Morgan fingerprint density at radius 2 is 1.77 bits per heavy atom. The van der Waals surface area contributed by atoms with Gasteiger partial charge in [0.1, 0.15) is 0 Å². The van der Waals surface area contributed by atoms with Crippen LogP contribution in [0.25, 0.3) is 0 Å². The van der Waals surface area contributed by atoms with Crippen molar-refractivity contribution in [3.8, 4) is 0 Å². The van der Waals surface area contributed by atoms with Crippen LogP contribution < -0.4 is 10.6 Å². The molecule has 2 fully saturated rings. The summed E-state index contributed by atoms with van der Waals surface area (Å²) >= 11 is 0. The van der Waals surface area contributed by atoms with Crippen molar-refractivity contribution in [1.82, 2.24) is 20.4 Å². The minimum atomic E-state index is 0.284. The molecule has 0 aromatic heterocycles. The molecule has 2 heterocycles. The van der Waals surface area contributed by atoms with Gasteiger partial charge in [0.05, 0.1) is 32.0 Å². The molecule has 3 rings (SSSR count). The highest BCUT2D eigenvalue weighted by Crippen LogP contribution is 2.17. The normalized spacial score (nSPS) is 24.7. The number of morpholine rings is 2. The Kier molecular flexibility index (Phi) is 9.58. The molecule has 0 saturated carbocycles. The third-order valence-electron chi connectivity index (χ3n) is 5.99. The standard InChI is InChI=1S/C24H41N5O2/c1-5-25-24(26-14-19(2)29-10-12-30-13-11-29)27-15-22-8-6-7-9-23(22)18-28-16-20(3)31-21(4)17-28/h6-9,19-21H,5,10-18H2,1-4H3,(H2,25,26,27). The quantitative estimate of drug-likeness (QED) is 0.485. The number of benzene rings is 1. The van der Waals surface area contributed by atoms with Crippen molar-refractivity contribution in [1.29, 1.82) is 0 Å². The highest BCUT2D eigenvalue weighted by Gasteiger charge is 2.22. The molecule has 0 spiro atoms. The van der Waals surface area contributed by atoms with E-state index in [-0.39, 0.29) is 12.2 Å². The molecule has 2 aliphatic heterocycles. The summed E-state index contributed by atoms with van der Waals surface area (Å²) < 4.78 is 11.4. The lowest BCUT2D eigenvalue weighted by molar-refractivity contribution is -0.0705. The number of rotatable bonds is 8. The van der Waals surface area contributed by atoms with E-state index in [0.29, 0.717) is 12.6 Å². The predicted octanol–water partition coefficient (Wildman–Crippen LogP) is 2.07. The van der Waals surface area contributed by atoms with Gasteiger partial charge in [-0.05, 0) is 38.8 Å². The molecule has 174 valence electrons. The lowest BCUT2D eigenvalue weighted by Crippen LogP contribution is -2.49. The Morgan fingerprint density at radius 3 is 2.45 bits per heavy atom. The minimum absolute atomic E-state index is 0.284. The highest BCUT2D eigenvalue weighted by atomic mass is 16.5. The lowest BCUT2D eigenvalue weighted by Gasteiger charge is -2.35. The summed E-state index contributed by atoms with van der Waals surface area (Å²) in [6.45, 7) is 17.7. The highest BCUT2D eigenvalue weighted by molar-refractivity contribution is 5.79. The van der Waals surface area contributed by atoms with E-state index in [4.69, 9.17) is 14.5 Å². The summed E-state index contributed by atoms with van der Waals surface area (Å²) in [7, 11) is 0. The second-order valence-corrected chi connectivity index (χ2v) is 8.79. The van der Waals surface area contributed by atoms with Gasteiger partial charge in [-0.15, -0.1) is 0 Å². The fourth-order valence-electron chi connectivity index (χ4n) is 4.42. The van der Waals surface area contributed by atoms with Crippen LogP contribution in [0.3, 0.4) is 0 Å². The van der Waals surface area contributed by atoms with Crippen molar-refractivity contribution in [2.24, 2.45) is 4.99 Å². The van der Waals surface area contributed by atoms with Crippen LogP contribution in [0.15, 0.2) is 29.3 Å². The largest absolute Gasteiger partial charge is 0.379 e. The third kappa shape index (κ3) is 7.75. The van der Waals surface area contributed by atoms with Crippen molar-refractivity contribution in [2.45, 2.75) is 59.0 Å². The van der Waals surface area contributed by atoms with Crippen LogP contribution in [0.1, 0.15) is 38.8 Å². The van der Waals surface area contributed by atoms with E-state index in [1.165, 1.54) is 11.1 Å². The van der Waals surface area contributed by atoms with Crippen molar-refractivity contribution in [2.75, 3.05) is 52.5 Å². The summed E-state index contributed by atoms with van der Waals surface area (Å²) in [6.07, 6.45) is 0.568. The maximum Gasteiger partial charge on any atom is 0.191 e. The van der Waals surface area contributed by atoms with Crippen molar-refractivity contribution >= 4 is 5.96 Å². The van der Waals surface area contributed by atoms with E-state index < -0.39 is 0 Å². The summed E-state index contributed by atoms with van der Waals surface area (Å²) in [4.78, 5) is 9.86. The molecule has 2 N–H and O–H groups in total. The predicted molar refractivity (Wildman–Crippen MR) is 126 cm³/mol. The Bertz CT molecular complexity index is 682. The first-order valence-corrected chi connectivity index (χ1v) is 11.8. The molecule has 7 heteroatoms. The van der Waals surface area contributed by atoms with Gasteiger partial charge in [-0.1, -0.05) is 24.3 Å². The van der Waals surface area contributed by atoms with Gasteiger partial charge >= 0.3 is 0 Å². The van der Waals surface area contributed by atoms with Gasteiger partial charge in [-0.2, -0.15) is 0 Å². The van der Waals surface area contributed by atoms with Crippen LogP contribution in [-0.2, 0) is 22.6 Å². The number of hydrogen-bond acceptors (Lipinski definition) is 5. The summed E-state index contributed by atoms with van der Waals surface area (Å²) in [5.41, 5.74) is 2.64. The average molecular weight is 432 g/mol. The van der Waals surface area contributed by atoms with Crippen molar-refractivity contribution in [3.05, 3.63) is 35.4 Å². The van der Waals surface area contributed by atoms with Crippen LogP contribution in [0.4, 0.5) is 0 Å². The van der Waals surface area contributed by atoms with Crippen LogP contribution in [0, 0.1) is 0 Å². The first-order valence-electron chi connectivity index (χ1n) is 11.8. The average Bonchev–Trinajstić information content (AvgIpc) is 2.76. The van der Waals surface area contributed by atoms with E-state index >= 15 is 0 Å². The SMILES string of the molecule is CCNC(=NCc1ccccc1CN1CC(C)OC(C)C1)NCC(C)N1CCOCC1. The van der Waals surface area contributed by atoms with Gasteiger partial charge in [-0.25, -0.2) is 4.99 Å². The van der Waals surface area contributed by atoms with Crippen LogP contribution in [0.5, 0.6) is 0 Å². The van der Waals surface area contributed by atoms with E-state index in [0.717, 1.165) is 65.0 Å². The van der Waals surface area contributed by atoms with Crippen molar-refractivity contribution < 1.29 is 9.47 Å². The number of ether oxygens (including phenoxy) is 2. The molecule has 2 saturated heterocycles. The number of guanidine groups is 1. The minimum Gasteiger partial charge on any atom is -0.379 e. The Balaban J connectivity index is 1.58. The fraction of sp³-hybridized carbons (Fsp3) is 0.708. The zero-order valence-electron chi connectivity index (χ0n) is 19.8. The third-order valence-corrected chi connectivity index (χ3v) is 5.99. The molecule has 0 amide bonds. The fourth-order valence-corrected chi connectivity index (χ4v) is 4.42. The smallest absolute Gasteiger partial charge is 0.191 e. The second kappa shape index (κ2) is 12.4. The van der Waals surface area contributed by atoms with Gasteiger partial charge in [0.25, 0.3) is 0 Å².